The van der Waals surface area contributed by atoms with Gasteiger partial charge in [-0.1, -0.05) is 12.1 Å². The Morgan fingerprint density at radius 2 is 2.28 bits per heavy atom. The summed E-state index contributed by atoms with van der Waals surface area (Å²) in [5.41, 5.74) is 10.6. The van der Waals surface area contributed by atoms with Crippen LogP contribution >= 0.6 is 0 Å². The van der Waals surface area contributed by atoms with Crippen molar-refractivity contribution in [3.63, 3.8) is 0 Å². The molecule has 18 heavy (non-hydrogen) atoms. The quantitative estimate of drug-likeness (QED) is 0.783. The number of nitrogens with zero attached hydrogens (tertiary/aromatic N) is 1. The molecule has 3 heteroatoms. The fraction of sp³-hybridized carbons (Fsp3) is 0.600. The van der Waals surface area contributed by atoms with E-state index in [-0.39, 0.29) is 0 Å². The summed E-state index contributed by atoms with van der Waals surface area (Å²) in [6, 6.07) is 7.68. The first-order valence-electron chi connectivity index (χ1n) is 7.09. The molecule has 1 aromatic rings. The van der Waals surface area contributed by atoms with E-state index in [1.165, 1.54) is 16.8 Å². The number of anilines is 1. The van der Waals surface area contributed by atoms with Crippen LogP contribution in [0.25, 0.3) is 0 Å². The van der Waals surface area contributed by atoms with Gasteiger partial charge in [-0.05, 0) is 43.4 Å². The first kappa shape index (κ1) is 12.0. The number of aryl methyl sites for hydroxylation is 1. The van der Waals surface area contributed by atoms with Crippen molar-refractivity contribution in [2.75, 3.05) is 24.5 Å². The maximum atomic E-state index is 6.15. The Bertz CT molecular complexity index is 430. The van der Waals surface area contributed by atoms with Crippen LogP contribution in [0.2, 0.25) is 0 Å². The minimum Gasteiger partial charge on any atom is -0.366 e. The van der Waals surface area contributed by atoms with E-state index >= 15 is 0 Å². The Morgan fingerprint density at radius 1 is 1.39 bits per heavy atom. The summed E-state index contributed by atoms with van der Waals surface area (Å²) in [7, 11) is 0. The second kappa shape index (κ2) is 4.90. The summed E-state index contributed by atoms with van der Waals surface area (Å²) in [5, 5.41) is 3.46. The first-order valence-corrected chi connectivity index (χ1v) is 7.09. The molecule has 0 bridgehead atoms. The second-order valence-corrected chi connectivity index (χ2v) is 5.66. The van der Waals surface area contributed by atoms with E-state index in [4.69, 9.17) is 5.73 Å². The Kier molecular flexibility index (Phi) is 3.27. The third-order valence-electron chi connectivity index (χ3n) is 4.31. The highest BCUT2D eigenvalue weighted by atomic mass is 15.2. The van der Waals surface area contributed by atoms with Crippen LogP contribution in [0.15, 0.2) is 18.2 Å². The van der Waals surface area contributed by atoms with E-state index < -0.39 is 0 Å². The lowest BCUT2D eigenvalue weighted by molar-refractivity contribution is 0.496. The molecule has 1 aliphatic heterocycles. The zero-order valence-corrected chi connectivity index (χ0v) is 11.2. The highest BCUT2D eigenvalue weighted by Crippen LogP contribution is 2.31. The monoisotopic (exact) mass is 245 g/mol. The molecular formula is C15H23N3. The standard InChI is InChI=1S/C15H23N3/c1-11-10-17-7-8-18(11)15-4-2-3-12-5-6-13(16)9-14(12)15/h2-4,11,13,17H,5-10,16H2,1H3/t11?,13-/m1/s1. The normalized spacial score (nSPS) is 28.0. The van der Waals surface area contributed by atoms with Crippen LogP contribution in [0.4, 0.5) is 5.69 Å². The van der Waals surface area contributed by atoms with Gasteiger partial charge in [0, 0.05) is 37.4 Å². The molecule has 2 atom stereocenters. The average molecular weight is 245 g/mol. The molecule has 3 rings (SSSR count). The van der Waals surface area contributed by atoms with Gasteiger partial charge in [-0.3, -0.25) is 0 Å². The molecule has 3 N–H and O–H groups in total. The Hall–Kier alpha value is -1.06. The molecule has 3 nitrogen and oxygen atoms in total. The smallest absolute Gasteiger partial charge is 0.0405 e. The van der Waals surface area contributed by atoms with Crippen molar-refractivity contribution in [1.29, 1.82) is 0 Å². The Balaban J connectivity index is 1.96. The van der Waals surface area contributed by atoms with E-state index in [2.05, 4.69) is 35.3 Å². The summed E-state index contributed by atoms with van der Waals surface area (Å²) in [6.45, 7) is 5.57. The molecule has 0 radical (unpaired) electrons. The molecule has 1 unspecified atom stereocenters. The van der Waals surface area contributed by atoms with Gasteiger partial charge < -0.3 is 16.0 Å². The summed E-state index contributed by atoms with van der Waals surface area (Å²) in [5.74, 6) is 0. The predicted molar refractivity (Wildman–Crippen MR) is 76.1 cm³/mol. The van der Waals surface area contributed by atoms with Crippen molar-refractivity contribution in [1.82, 2.24) is 5.32 Å². The molecule has 2 aliphatic rings. The summed E-state index contributed by atoms with van der Waals surface area (Å²) in [4.78, 5) is 2.55. The number of hydrogen-bond donors (Lipinski definition) is 2. The van der Waals surface area contributed by atoms with Crippen LogP contribution in [0.3, 0.4) is 0 Å². The lowest BCUT2D eigenvalue weighted by Gasteiger charge is -2.38. The number of hydrogen-bond acceptors (Lipinski definition) is 3. The molecule has 0 saturated carbocycles. The van der Waals surface area contributed by atoms with Crippen molar-refractivity contribution in [3.05, 3.63) is 29.3 Å². The lowest BCUT2D eigenvalue weighted by Crippen LogP contribution is -2.50. The van der Waals surface area contributed by atoms with Crippen LogP contribution in [-0.4, -0.2) is 31.7 Å². The van der Waals surface area contributed by atoms with Crippen LogP contribution in [0.1, 0.15) is 24.5 Å². The van der Waals surface area contributed by atoms with E-state index in [1.807, 2.05) is 0 Å². The first-order chi connectivity index (χ1) is 8.75. The van der Waals surface area contributed by atoms with Crippen LogP contribution in [0.5, 0.6) is 0 Å². The SMILES string of the molecule is CC1CNCCN1c1cccc2c1C[C@H](N)CC2. The minimum atomic E-state index is 0.344. The van der Waals surface area contributed by atoms with Gasteiger partial charge in [0.25, 0.3) is 0 Å². The number of rotatable bonds is 1. The van der Waals surface area contributed by atoms with Gasteiger partial charge in [-0.25, -0.2) is 0 Å². The van der Waals surface area contributed by atoms with Crippen LogP contribution < -0.4 is 16.0 Å². The van der Waals surface area contributed by atoms with Crippen molar-refractivity contribution in [2.24, 2.45) is 5.73 Å². The number of benzene rings is 1. The largest absolute Gasteiger partial charge is 0.366 e. The maximum absolute atomic E-state index is 6.15. The highest BCUT2D eigenvalue weighted by Gasteiger charge is 2.24. The van der Waals surface area contributed by atoms with Gasteiger partial charge in [-0.15, -0.1) is 0 Å². The molecular weight excluding hydrogens is 222 g/mol. The van der Waals surface area contributed by atoms with Gasteiger partial charge in [0.05, 0.1) is 0 Å². The summed E-state index contributed by atoms with van der Waals surface area (Å²) >= 11 is 0. The van der Waals surface area contributed by atoms with Crippen molar-refractivity contribution < 1.29 is 0 Å². The fourth-order valence-corrected chi connectivity index (χ4v) is 3.26. The van der Waals surface area contributed by atoms with E-state index in [9.17, 15) is 0 Å². The van der Waals surface area contributed by atoms with E-state index in [0.29, 0.717) is 12.1 Å². The molecule has 98 valence electrons. The van der Waals surface area contributed by atoms with E-state index in [0.717, 1.165) is 38.9 Å². The molecule has 0 amide bonds. The van der Waals surface area contributed by atoms with Gasteiger partial charge in [-0.2, -0.15) is 0 Å². The Labute approximate surface area is 109 Å². The van der Waals surface area contributed by atoms with Crippen LogP contribution in [-0.2, 0) is 12.8 Å². The third-order valence-corrected chi connectivity index (χ3v) is 4.31. The van der Waals surface area contributed by atoms with Gasteiger partial charge >= 0.3 is 0 Å². The fourth-order valence-electron chi connectivity index (χ4n) is 3.26. The minimum absolute atomic E-state index is 0.344. The lowest BCUT2D eigenvalue weighted by atomic mass is 9.87. The van der Waals surface area contributed by atoms with Gasteiger partial charge in [0.15, 0.2) is 0 Å². The molecule has 0 aromatic heterocycles. The number of nitrogens with one attached hydrogen (secondary N) is 1. The van der Waals surface area contributed by atoms with Gasteiger partial charge in [0.2, 0.25) is 0 Å². The van der Waals surface area contributed by atoms with Gasteiger partial charge in [0.1, 0.15) is 0 Å². The predicted octanol–water partition coefficient (Wildman–Crippen LogP) is 1.30. The second-order valence-electron chi connectivity index (χ2n) is 5.66. The molecule has 1 fully saturated rings. The number of nitrogens with two attached hydrogens (primary N) is 1. The number of fused-ring (bicyclic) bond motifs is 1. The average Bonchev–Trinajstić information content (AvgIpc) is 2.39. The zero-order chi connectivity index (χ0) is 12.5. The molecule has 1 aromatic carbocycles. The van der Waals surface area contributed by atoms with Crippen LogP contribution in [0, 0.1) is 0 Å². The summed E-state index contributed by atoms with van der Waals surface area (Å²) in [6.07, 6.45) is 3.32. The topological polar surface area (TPSA) is 41.3 Å². The molecule has 1 heterocycles. The zero-order valence-electron chi connectivity index (χ0n) is 11.2. The number of piperazine rings is 1. The molecule has 0 spiro atoms. The highest BCUT2D eigenvalue weighted by molar-refractivity contribution is 5.59. The Morgan fingerprint density at radius 3 is 3.11 bits per heavy atom. The van der Waals surface area contributed by atoms with Crippen molar-refractivity contribution in [2.45, 2.75) is 38.3 Å². The van der Waals surface area contributed by atoms with Crippen molar-refractivity contribution >= 4 is 5.69 Å². The van der Waals surface area contributed by atoms with Crippen molar-refractivity contribution in [3.8, 4) is 0 Å². The maximum Gasteiger partial charge on any atom is 0.0405 e. The third kappa shape index (κ3) is 2.13. The molecule has 1 aliphatic carbocycles. The van der Waals surface area contributed by atoms with E-state index in [1.54, 1.807) is 0 Å². The molecule has 1 saturated heterocycles. The summed E-state index contributed by atoms with van der Waals surface area (Å²) < 4.78 is 0.